The topological polar surface area (TPSA) is 87.1 Å². The molecule has 3 rings (SSSR count). The second kappa shape index (κ2) is 5.84. The van der Waals surface area contributed by atoms with Crippen molar-refractivity contribution in [1.82, 2.24) is 9.71 Å². The molecule has 0 saturated heterocycles. The molecule has 3 N–H and O–H groups in total. The minimum Gasteiger partial charge on any atom is -0.421 e. The lowest BCUT2D eigenvalue weighted by Crippen LogP contribution is -2.33. The van der Waals surface area contributed by atoms with Gasteiger partial charge in [-0.25, -0.2) is 4.79 Å². The normalized spacial score (nSPS) is 10.5. The van der Waals surface area contributed by atoms with Gasteiger partial charge in [0, 0.05) is 11.8 Å². The molecule has 0 radical (unpaired) electrons. The molecule has 6 heteroatoms. The lowest BCUT2D eigenvalue weighted by molar-refractivity contribution is 0.160. The number of nitrogens with zero attached hydrogens (tertiary/aromatic N) is 1. The smallest absolute Gasteiger partial charge is 0.363 e. The summed E-state index contributed by atoms with van der Waals surface area (Å²) in [6.07, 6.45) is 0. The molecule has 0 atom stereocenters. The second-order valence-corrected chi connectivity index (χ2v) is 5.21. The van der Waals surface area contributed by atoms with E-state index in [4.69, 9.17) is 5.21 Å². The third kappa shape index (κ3) is 3.16. The maximum absolute atomic E-state index is 11.4. The van der Waals surface area contributed by atoms with Crippen molar-refractivity contribution in [3.8, 4) is 11.1 Å². The van der Waals surface area contributed by atoms with Crippen molar-refractivity contribution in [3.63, 3.8) is 0 Å². The van der Waals surface area contributed by atoms with E-state index < -0.39 is 11.2 Å². The van der Waals surface area contributed by atoms with E-state index in [0.29, 0.717) is 5.69 Å². The summed E-state index contributed by atoms with van der Waals surface area (Å²) in [4.78, 5) is 25.1. The summed E-state index contributed by atoms with van der Waals surface area (Å²) >= 11 is 0. The first kappa shape index (κ1) is 14.6. The Morgan fingerprint density at radius 3 is 2.09 bits per heavy atom. The van der Waals surface area contributed by atoms with Gasteiger partial charge in [0.2, 0.25) is 0 Å². The molecule has 116 valence electrons. The molecule has 0 aliphatic rings. The molecule has 0 fully saturated rings. The van der Waals surface area contributed by atoms with Crippen molar-refractivity contribution in [2.75, 3.05) is 5.32 Å². The summed E-state index contributed by atoms with van der Waals surface area (Å²) in [6, 6.07) is 16.9. The Hall–Kier alpha value is -3.28. The molecule has 0 amide bonds. The quantitative estimate of drug-likeness (QED) is 0.649. The summed E-state index contributed by atoms with van der Waals surface area (Å²) in [5.74, 6) is 0.216. The Kier molecular flexibility index (Phi) is 3.72. The third-order valence-electron chi connectivity index (χ3n) is 3.46. The molecule has 2 aromatic carbocycles. The minimum atomic E-state index is -0.892. The van der Waals surface area contributed by atoms with E-state index in [0.717, 1.165) is 17.2 Å². The predicted molar refractivity (Wildman–Crippen MR) is 88.4 cm³/mol. The van der Waals surface area contributed by atoms with Crippen LogP contribution in [0.25, 0.3) is 11.1 Å². The number of H-pyrrole nitrogens is 1. The molecule has 6 nitrogen and oxygen atoms in total. The molecule has 0 aliphatic carbocycles. The van der Waals surface area contributed by atoms with Crippen LogP contribution in [0.4, 0.5) is 11.5 Å². The van der Waals surface area contributed by atoms with Gasteiger partial charge in [0.25, 0.3) is 5.56 Å². The zero-order chi connectivity index (χ0) is 16.4. The Morgan fingerprint density at radius 1 is 0.957 bits per heavy atom. The zero-order valence-corrected chi connectivity index (χ0v) is 12.4. The molecule has 0 saturated carbocycles. The van der Waals surface area contributed by atoms with Crippen LogP contribution in [0.15, 0.2) is 64.2 Å². The Balaban J connectivity index is 1.84. The number of benzene rings is 2. The van der Waals surface area contributed by atoms with Crippen molar-refractivity contribution in [1.29, 1.82) is 0 Å². The minimum absolute atomic E-state index is 0.0195. The van der Waals surface area contributed by atoms with Gasteiger partial charge in [-0.3, -0.25) is 9.78 Å². The Bertz CT molecular complexity index is 907. The van der Waals surface area contributed by atoms with Crippen molar-refractivity contribution >= 4 is 11.5 Å². The van der Waals surface area contributed by atoms with Gasteiger partial charge >= 0.3 is 5.69 Å². The summed E-state index contributed by atoms with van der Waals surface area (Å²) < 4.78 is 0.0195. The van der Waals surface area contributed by atoms with E-state index >= 15 is 0 Å². The highest BCUT2D eigenvalue weighted by Gasteiger charge is 2.03. The molecule has 1 aromatic heterocycles. The van der Waals surface area contributed by atoms with Gasteiger partial charge in [0.15, 0.2) is 0 Å². The van der Waals surface area contributed by atoms with Crippen LogP contribution in [0, 0.1) is 6.92 Å². The number of rotatable bonds is 3. The highest BCUT2D eigenvalue weighted by Crippen LogP contribution is 2.22. The number of anilines is 2. The van der Waals surface area contributed by atoms with Crippen molar-refractivity contribution in [2.45, 2.75) is 6.92 Å². The lowest BCUT2D eigenvalue weighted by atomic mass is 10.0. The highest BCUT2D eigenvalue weighted by atomic mass is 16.5. The summed E-state index contributed by atoms with van der Waals surface area (Å²) in [6.45, 7) is 2.04. The molecule has 3 aromatic rings. The summed E-state index contributed by atoms with van der Waals surface area (Å²) in [5, 5.41) is 12.0. The van der Waals surface area contributed by atoms with Gasteiger partial charge < -0.3 is 10.5 Å². The fraction of sp³-hybridized carbons (Fsp3) is 0.0588. The van der Waals surface area contributed by atoms with E-state index in [1.807, 2.05) is 31.2 Å². The molecule has 0 aliphatic heterocycles. The predicted octanol–water partition coefficient (Wildman–Crippen LogP) is 2.49. The van der Waals surface area contributed by atoms with Crippen LogP contribution in [0.3, 0.4) is 0 Å². The largest absolute Gasteiger partial charge is 0.421 e. The zero-order valence-electron chi connectivity index (χ0n) is 12.4. The van der Waals surface area contributed by atoms with Crippen LogP contribution in [0.5, 0.6) is 0 Å². The molecular formula is C17H15N3O3. The monoisotopic (exact) mass is 309 g/mol. The fourth-order valence-electron chi connectivity index (χ4n) is 2.20. The van der Waals surface area contributed by atoms with Crippen LogP contribution < -0.4 is 16.6 Å². The van der Waals surface area contributed by atoms with E-state index in [2.05, 4.69) is 34.6 Å². The first-order valence-corrected chi connectivity index (χ1v) is 7.03. The van der Waals surface area contributed by atoms with Gasteiger partial charge in [-0.05, 0) is 30.2 Å². The standard InChI is InChI=1S/C17H15N3O3/c1-11-2-4-12(5-3-11)13-6-8-14(9-7-13)18-15-10-16(21)20(23)17(22)19-15/h2-10,18,23H,1H3,(H,19,22). The summed E-state index contributed by atoms with van der Waals surface area (Å²) in [5.41, 5.74) is 2.40. The molecule has 0 bridgehead atoms. The van der Waals surface area contributed by atoms with E-state index in [9.17, 15) is 9.59 Å². The number of hydrogen-bond donors (Lipinski definition) is 3. The van der Waals surface area contributed by atoms with Crippen molar-refractivity contribution in [3.05, 3.63) is 81.0 Å². The average Bonchev–Trinajstić information content (AvgIpc) is 2.54. The second-order valence-electron chi connectivity index (χ2n) is 5.21. The van der Waals surface area contributed by atoms with E-state index in [-0.39, 0.29) is 10.5 Å². The average molecular weight is 309 g/mol. The number of hydrogen-bond acceptors (Lipinski definition) is 4. The first-order chi connectivity index (χ1) is 11.0. The fourth-order valence-corrected chi connectivity index (χ4v) is 2.20. The lowest BCUT2D eigenvalue weighted by Gasteiger charge is -2.08. The van der Waals surface area contributed by atoms with Gasteiger partial charge in [-0.2, -0.15) is 0 Å². The van der Waals surface area contributed by atoms with Crippen LogP contribution in [0.1, 0.15) is 5.56 Å². The van der Waals surface area contributed by atoms with Crippen molar-refractivity contribution in [2.24, 2.45) is 0 Å². The molecular weight excluding hydrogens is 294 g/mol. The SMILES string of the molecule is Cc1ccc(-c2ccc(Nc3cc(=O)n(O)c(=O)[nH]3)cc2)cc1. The maximum atomic E-state index is 11.4. The Labute approximate surface area is 131 Å². The summed E-state index contributed by atoms with van der Waals surface area (Å²) in [7, 11) is 0. The molecule has 0 unspecified atom stereocenters. The molecule has 23 heavy (non-hydrogen) atoms. The number of aromatic amines is 1. The van der Waals surface area contributed by atoms with Crippen LogP contribution in [0.2, 0.25) is 0 Å². The van der Waals surface area contributed by atoms with Gasteiger partial charge in [-0.1, -0.05) is 46.7 Å². The van der Waals surface area contributed by atoms with Gasteiger partial charge in [-0.15, -0.1) is 0 Å². The van der Waals surface area contributed by atoms with Crippen LogP contribution in [-0.4, -0.2) is 14.9 Å². The molecule has 1 heterocycles. The Morgan fingerprint density at radius 2 is 1.52 bits per heavy atom. The van der Waals surface area contributed by atoms with E-state index in [1.165, 1.54) is 5.56 Å². The van der Waals surface area contributed by atoms with Gasteiger partial charge in [0.05, 0.1) is 0 Å². The third-order valence-corrected chi connectivity index (χ3v) is 3.46. The number of aryl methyl sites for hydroxylation is 1. The molecule has 0 spiro atoms. The number of nitrogens with one attached hydrogen (secondary N) is 2. The van der Waals surface area contributed by atoms with E-state index in [1.54, 1.807) is 0 Å². The van der Waals surface area contributed by atoms with Crippen molar-refractivity contribution < 1.29 is 5.21 Å². The van der Waals surface area contributed by atoms with Gasteiger partial charge in [0.1, 0.15) is 5.82 Å². The van der Waals surface area contributed by atoms with Crippen LogP contribution >= 0.6 is 0 Å². The maximum Gasteiger partial charge on any atom is 0.363 e. The number of aromatic nitrogens is 2. The van der Waals surface area contributed by atoms with Crippen LogP contribution in [-0.2, 0) is 0 Å². The first-order valence-electron chi connectivity index (χ1n) is 7.03. The highest BCUT2D eigenvalue weighted by molar-refractivity contribution is 5.67.